The summed E-state index contributed by atoms with van der Waals surface area (Å²) < 4.78 is 1.84. The zero-order valence-electron chi connectivity index (χ0n) is 13.9. The molecule has 0 radical (unpaired) electrons. The van der Waals surface area contributed by atoms with Crippen molar-refractivity contribution in [2.75, 3.05) is 13.1 Å². The van der Waals surface area contributed by atoms with Crippen molar-refractivity contribution in [2.24, 2.45) is 5.92 Å². The number of fused-ring (bicyclic) bond motifs is 1. The first-order valence-electron chi connectivity index (χ1n) is 8.83. The lowest BCUT2D eigenvalue weighted by molar-refractivity contribution is -0.131. The van der Waals surface area contributed by atoms with Crippen LogP contribution in [-0.2, 0) is 4.79 Å². The molecule has 6 heteroatoms. The van der Waals surface area contributed by atoms with E-state index in [-0.39, 0.29) is 11.8 Å². The van der Waals surface area contributed by atoms with Crippen molar-refractivity contribution < 1.29 is 4.79 Å². The van der Waals surface area contributed by atoms with Crippen molar-refractivity contribution in [3.8, 4) is 11.1 Å². The van der Waals surface area contributed by atoms with Gasteiger partial charge in [0.1, 0.15) is 0 Å². The van der Waals surface area contributed by atoms with Gasteiger partial charge in [0, 0.05) is 49.1 Å². The van der Waals surface area contributed by atoms with Crippen molar-refractivity contribution in [1.82, 2.24) is 24.5 Å². The quantitative estimate of drug-likeness (QED) is 0.739. The number of rotatable bonds is 3. The summed E-state index contributed by atoms with van der Waals surface area (Å²) in [5.41, 5.74) is 3.04. The van der Waals surface area contributed by atoms with Crippen LogP contribution < -0.4 is 0 Å². The molecule has 0 spiro atoms. The minimum Gasteiger partial charge on any atom is -0.342 e. The SMILES string of the molecule is O=C(C1CC1)N1CCC(c2nc3ccc(-c4ccncc4)cn3n2)C1. The first kappa shape index (κ1) is 14.6. The summed E-state index contributed by atoms with van der Waals surface area (Å²) in [6, 6.07) is 8.02. The minimum atomic E-state index is 0.243. The summed E-state index contributed by atoms with van der Waals surface area (Å²) in [6.45, 7) is 1.58. The van der Waals surface area contributed by atoms with Crippen LogP contribution >= 0.6 is 0 Å². The molecule has 1 saturated carbocycles. The second-order valence-corrected chi connectivity index (χ2v) is 6.97. The van der Waals surface area contributed by atoms with Crippen molar-refractivity contribution in [2.45, 2.75) is 25.2 Å². The summed E-state index contributed by atoms with van der Waals surface area (Å²) in [4.78, 5) is 23.0. The molecule has 1 saturated heterocycles. The van der Waals surface area contributed by atoms with Gasteiger partial charge >= 0.3 is 0 Å². The largest absolute Gasteiger partial charge is 0.342 e. The van der Waals surface area contributed by atoms with Gasteiger partial charge in [0.05, 0.1) is 0 Å². The smallest absolute Gasteiger partial charge is 0.225 e. The Kier molecular flexibility index (Phi) is 3.29. The van der Waals surface area contributed by atoms with Gasteiger partial charge in [-0.1, -0.05) is 0 Å². The van der Waals surface area contributed by atoms with Crippen LogP contribution in [0.25, 0.3) is 16.8 Å². The Bertz CT molecular complexity index is 931. The van der Waals surface area contributed by atoms with Crippen molar-refractivity contribution in [1.29, 1.82) is 0 Å². The first-order chi connectivity index (χ1) is 12.3. The summed E-state index contributed by atoms with van der Waals surface area (Å²) in [7, 11) is 0. The highest BCUT2D eigenvalue weighted by molar-refractivity contribution is 5.81. The Morgan fingerprint density at radius 1 is 1.04 bits per heavy atom. The van der Waals surface area contributed by atoms with Gasteiger partial charge in [0.25, 0.3) is 0 Å². The molecule has 3 aromatic heterocycles. The van der Waals surface area contributed by atoms with Gasteiger partial charge in [-0.05, 0) is 49.1 Å². The van der Waals surface area contributed by atoms with E-state index in [4.69, 9.17) is 0 Å². The summed E-state index contributed by atoms with van der Waals surface area (Å²) in [6.07, 6.45) is 8.65. The van der Waals surface area contributed by atoms with Crippen LogP contribution in [0.5, 0.6) is 0 Å². The average molecular weight is 333 g/mol. The predicted molar refractivity (Wildman–Crippen MR) is 92.9 cm³/mol. The maximum atomic E-state index is 12.2. The van der Waals surface area contributed by atoms with Crippen LogP contribution in [0.15, 0.2) is 42.9 Å². The Hall–Kier alpha value is -2.76. The highest BCUT2D eigenvalue weighted by Crippen LogP contribution is 2.34. The molecule has 126 valence electrons. The van der Waals surface area contributed by atoms with E-state index in [1.807, 2.05) is 33.8 Å². The van der Waals surface area contributed by atoms with E-state index in [0.29, 0.717) is 5.91 Å². The molecule has 1 amide bonds. The van der Waals surface area contributed by atoms with E-state index < -0.39 is 0 Å². The Balaban J connectivity index is 1.40. The zero-order chi connectivity index (χ0) is 16.8. The topological polar surface area (TPSA) is 63.4 Å². The highest BCUT2D eigenvalue weighted by atomic mass is 16.2. The van der Waals surface area contributed by atoms with E-state index in [9.17, 15) is 4.79 Å². The molecule has 5 rings (SSSR count). The van der Waals surface area contributed by atoms with Crippen LogP contribution in [0.2, 0.25) is 0 Å². The molecule has 1 aliphatic carbocycles. The monoisotopic (exact) mass is 333 g/mol. The maximum Gasteiger partial charge on any atom is 0.225 e. The molecule has 6 nitrogen and oxygen atoms in total. The zero-order valence-corrected chi connectivity index (χ0v) is 13.9. The van der Waals surface area contributed by atoms with Crippen LogP contribution in [-0.4, -0.2) is 43.5 Å². The van der Waals surface area contributed by atoms with Gasteiger partial charge in [-0.3, -0.25) is 9.78 Å². The molecule has 1 unspecified atom stereocenters. The second kappa shape index (κ2) is 5.65. The predicted octanol–water partition coefficient (Wildman–Crippen LogP) is 2.52. The molecule has 25 heavy (non-hydrogen) atoms. The van der Waals surface area contributed by atoms with Crippen molar-refractivity contribution in [3.05, 3.63) is 48.7 Å². The van der Waals surface area contributed by atoms with E-state index in [1.165, 1.54) is 0 Å². The molecular formula is C19H19N5O. The summed E-state index contributed by atoms with van der Waals surface area (Å²) in [5, 5.41) is 4.69. The fourth-order valence-electron chi connectivity index (χ4n) is 3.55. The first-order valence-corrected chi connectivity index (χ1v) is 8.83. The van der Waals surface area contributed by atoms with Gasteiger partial charge in [-0.15, -0.1) is 0 Å². The third-order valence-corrected chi connectivity index (χ3v) is 5.15. The molecule has 0 bridgehead atoms. The number of likely N-dealkylation sites (tertiary alicyclic amines) is 1. The van der Waals surface area contributed by atoms with E-state index in [1.54, 1.807) is 12.4 Å². The Morgan fingerprint density at radius 3 is 2.68 bits per heavy atom. The lowest BCUT2D eigenvalue weighted by Crippen LogP contribution is -2.29. The molecule has 0 aromatic carbocycles. The summed E-state index contributed by atoms with van der Waals surface area (Å²) in [5.74, 6) is 1.70. The van der Waals surface area contributed by atoms with Crippen molar-refractivity contribution in [3.63, 3.8) is 0 Å². The molecule has 3 aromatic rings. The Morgan fingerprint density at radius 2 is 1.88 bits per heavy atom. The fourth-order valence-corrected chi connectivity index (χ4v) is 3.55. The highest BCUT2D eigenvalue weighted by Gasteiger charge is 2.37. The average Bonchev–Trinajstić information content (AvgIpc) is 3.23. The maximum absolute atomic E-state index is 12.2. The van der Waals surface area contributed by atoms with Gasteiger partial charge in [-0.25, -0.2) is 9.50 Å². The van der Waals surface area contributed by atoms with Crippen LogP contribution in [0.3, 0.4) is 0 Å². The third-order valence-electron chi connectivity index (χ3n) is 5.15. The molecule has 2 aliphatic rings. The molecule has 1 atom stereocenters. The van der Waals surface area contributed by atoms with Crippen molar-refractivity contribution >= 4 is 11.6 Å². The molecule has 0 N–H and O–H groups in total. The van der Waals surface area contributed by atoms with E-state index in [2.05, 4.69) is 21.1 Å². The number of hydrogen-bond acceptors (Lipinski definition) is 4. The lowest BCUT2D eigenvalue weighted by Gasteiger charge is -2.15. The lowest BCUT2D eigenvalue weighted by atomic mass is 10.1. The van der Waals surface area contributed by atoms with Gasteiger partial charge in [0.15, 0.2) is 11.5 Å². The molecule has 1 aliphatic heterocycles. The molecule has 2 fully saturated rings. The number of carbonyl (C=O) groups is 1. The standard InChI is InChI=1S/C19H19N5O/c25-19(14-1-2-14)23-10-7-16(11-23)18-21-17-4-3-15(12-24(17)22-18)13-5-8-20-9-6-13/h3-6,8-9,12,14,16H,1-2,7,10-11H2. The number of hydrogen-bond donors (Lipinski definition) is 0. The summed E-state index contributed by atoms with van der Waals surface area (Å²) >= 11 is 0. The normalized spacial score (nSPS) is 20.3. The molecular weight excluding hydrogens is 314 g/mol. The van der Waals surface area contributed by atoms with E-state index >= 15 is 0 Å². The number of amides is 1. The second-order valence-electron chi connectivity index (χ2n) is 6.97. The minimum absolute atomic E-state index is 0.243. The fraction of sp³-hybridized carbons (Fsp3) is 0.368. The van der Waals surface area contributed by atoms with Crippen LogP contribution in [0.1, 0.15) is 31.0 Å². The number of nitrogens with zero attached hydrogens (tertiary/aromatic N) is 5. The van der Waals surface area contributed by atoms with Crippen LogP contribution in [0.4, 0.5) is 0 Å². The number of aromatic nitrogens is 4. The molecule has 4 heterocycles. The van der Waals surface area contributed by atoms with Gasteiger partial charge in [-0.2, -0.15) is 5.10 Å². The van der Waals surface area contributed by atoms with Gasteiger partial charge < -0.3 is 4.90 Å². The third kappa shape index (κ3) is 2.67. The number of carbonyl (C=O) groups excluding carboxylic acids is 1. The van der Waals surface area contributed by atoms with Gasteiger partial charge in [0.2, 0.25) is 5.91 Å². The van der Waals surface area contributed by atoms with Crippen LogP contribution in [0, 0.1) is 5.92 Å². The Labute approximate surface area is 145 Å². The number of pyridine rings is 2. The van der Waals surface area contributed by atoms with E-state index in [0.717, 1.165) is 55.0 Å².